The Balaban J connectivity index is 2.64. The van der Waals surface area contributed by atoms with Crippen LogP contribution in [0, 0.1) is 15.9 Å². The molecule has 0 aliphatic heterocycles. The van der Waals surface area contributed by atoms with E-state index in [9.17, 15) is 19.3 Å². The van der Waals surface area contributed by atoms with E-state index < -0.39 is 22.3 Å². The highest BCUT2D eigenvalue weighted by molar-refractivity contribution is 9.09. The van der Waals surface area contributed by atoms with Crippen LogP contribution in [0.3, 0.4) is 0 Å². The average Bonchev–Trinajstić information content (AvgIpc) is 2.38. The molecule has 104 valence electrons. The number of nitrogens with one attached hydrogen (secondary N) is 1. The summed E-state index contributed by atoms with van der Waals surface area (Å²) in [5.41, 5.74) is -0.731. The Morgan fingerprint density at radius 1 is 1.47 bits per heavy atom. The number of halogens is 2. The third-order valence-corrected chi connectivity index (χ3v) is 2.48. The number of benzene rings is 1. The van der Waals surface area contributed by atoms with E-state index in [2.05, 4.69) is 21.2 Å². The van der Waals surface area contributed by atoms with E-state index in [0.29, 0.717) is 18.5 Å². The van der Waals surface area contributed by atoms with Gasteiger partial charge >= 0.3 is 0 Å². The standard InChI is InChI=1S/C11H12BrFN2O4/c12-3-5-19-6-4-14-11(16)9-2-1-8(13)7-10(9)15(17)18/h1-2,7H,3-6H2,(H,14,16). The van der Waals surface area contributed by atoms with Crippen molar-refractivity contribution in [1.29, 1.82) is 0 Å². The fourth-order valence-electron chi connectivity index (χ4n) is 1.34. The van der Waals surface area contributed by atoms with Crippen molar-refractivity contribution in [3.63, 3.8) is 0 Å². The molecule has 0 atom stereocenters. The number of alkyl halides is 1. The first-order chi connectivity index (χ1) is 9.06. The van der Waals surface area contributed by atoms with Gasteiger partial charge in [0.1, 0.15) is 11.4 Å². The van der Waals surface area contributed by atoms with E-state index in [-0.39, 0.29) is 12.1 Å². The van der Waals surface area contributed by atoms with Crippen LogP contribution in [0.1, 0.15) is 10.4 Å². The molecule has 1 rings (SSSR count). The molecule has 0 bridgehead atoms. The van der Waals surface area contributed by atoms with Gasteiger partial charge in [-0.05, 0) is 12.1 Å². The Hall–Kier alpha value is -1.54. The topological polar surface area (TPSA) is 81.5 Å². The van der Waals surface area contributed by atoms with Gasteiger partial charge in [-0.25, -0.2) is 4.39 Å². The summed E-state index contributed by atoms with van der Waals surface area (Å²) in [5, 5.41) is 13.9. The molecule has 0 fully saturated rings. The molecular formula is C11H12BrFN2O4. The zero-order chi connectivity index (χ0) is 14.3. The summed E-state index contributed by atoms with van der Waals surface area (Å²) in [6.45, 7) is 1.03. The number of carbonyl (C=O) groups excluding carboxylic acids is 1. The second-order valence-electron chi connectivity index (χ2n) is 3.48. The fourth-order valence-corrected chi connectivity index (χ4v) is 1.57. The van der Waals surface area contributed by atoms with Gasteiger partial charge in [-0.15, -0.1) is 0 Å². The number of amides is 1. The third-order valence-electron chi connectivity index (χ3n) is 2.15. The summed E-state index contributed by atoms with van der Waals surface area (Å²) < 4.78 is 18.0. The molecular weight excluding hydrogens is 323 g/mol. The van der Waals surface area contributed by atoms with Crippen LogP contribution in [-0.4, -0.2) is 35.9 Å². The summed E-state index contributed by atoms with van der Waals surface area (Å²) in [4.78, 5) is 21.6. The van der Waals surface area contributed by atoms with Crippen LogP contribution >= 0.6 is 15.9 Å². The van der Waals surface area contributed by atoms with Crippen molar-refractivity contribution in [2.75, 3.05) is 25.1 Å². The summed E-state index contributed by atoms with van der Waals surface area (Å²) in [6.07, 6.45) is 0. The largest absolute Gasteiger partial charge is 0.379 e. The van der Waals surface area contributed by atoms with Gasteiger partial charge in [-0.2, -0.15) is 0 Å². The van der Waals surface area contributed by atoms with Gasteiger partial charge in [0.2, 0.25) is 0 Å². The lowest BCUT2D eigenvalue weighted by Crippen LogP contribution is -2.28. The van der Waals surface area contributed by atoms with Gasteiger partial charge in [0, 0.05) is 11.9 Å². The highest BCUT2D eigenvalue weighted by Crippen LogP contribution is 2.19. The normalized spacial score (nSPS) is 10.2. The lowest BCUT2D eigenvalue weighted by atomic mass is 10.1. The first-order valence-electron chi connectivity index (χ1n) is 5.42. The minimum Gasteiger partial charge on any atom is -0.379 e. The smallest absolute Gasteiger partial charge is 0.285 e. The predicted octanol–water partition coefficient (Wildman–Crippen LogP) is 1.88. The van der Waals surface area contributed by atoms with Gasteiger partial charge in [-0.3, -0.25) is 14.9 Å². The highest BCUT2D eigenvalue weighted by Gasteiger charge is 2.20. The van der Waals surface area contributed by atoms with Crippen molar-refractivity contribution in [3.8, 4) is 0 Å². The lowest BCUT2D eigenvalue weighted by Gasteiger charge is -2.06. The zero-order valence-electron chi connectivity index (χ0n) is 9.90. The monoisotopic (exact) mass is 334 g/mol. The van der Waals surface area contributed by atoms with Crippen molar-refractivity contribution in [1.82, 2.24) is 5.32 Å². The van der Waals surface area contributed by atoms with Gasteiger partial charge in [0.05, 0.1) is 24.2 Å². The molecule has 0 saturated heterocycles. The van der Waals surface area contributed by atoms with Crippen LogP contribution in [0.2, 0.25) is 0 Å². The van der Waals surface area contributed by atoms with Gasteiger partial charge in [0.25, 0.3) is 11.6 Å². The molecule has 1 N–H and O–H groups in total. The van der Waals surface area contributed by atoms with Crippen molar-refractivity contribution in [3.05, 3.63) is 39.7 Å². The minimum atomic E-state index is -0.792. The Kier molecular flexibility index (Phi) is 6.37. The maximum atomic E-state index is 12.9. The molecule has 6 nitrogen and oxygen atoms in total. The van der Waals surface area contributed by atoms with Crippen molar-refractivity contribution in [2.24, 2.45) is 0 Å². The number of ether oxygens (including phenoxy) is 1. The minimum absolute atomic E-state index is 0.174. The second kappa shape index (κ2) is 7.80. The molecule has 8 heteroatoms. The number of hydrogen-bond donors (Lipinski definition) is 1. The van der Waals surface area contributed by atoms with E-state index >= 15 is 0 Å². The van der Waals surface area contributed by atoms with Crippen LogP contribution in [-0.2, 0) is 4.74 Å². The maximum Gasteiger partial charge on any atom is 0.285 e. The Bertz CT molecular complexity index is 470. The molecule has 0 saturated carbocycles. The predicted molar refractivity (Wildman–Crippen MR) is 70.0 cm³/mol. The first-order valence-corrected chi connectivity index (χ1v) is 6.54. The van der Waals surface area contributed by atoms with Gasteiger partial charge in [0.15, 0.2) is 0 Å². The van der Waals surface area contributed by atoms with E-state index in [0.717, 1.165) is 18.2 Å². The molecule has 1 amide bonds. The number of hydrogen-bond acceptors (Lipinski definition) is 4. The fraction of sp³-hybridized carbons (Fsp3) is 0.364. The summed E-state index contributed by atoms with van der Waals surface area (Å²) in [7, 11) is 0. The first kappa shape index (κ1) is 15.5. The average molecular weight is 335 g/mol. The molecule has 0 aliphatic rings. The highest BCUT2D eigenvalue weighted by atomic mass is 79.9. The lowest BCUT2D eigenvalue weighted by molar-refractivity contribution is -0.385. The number of carbonyl (C=O) groups is 1. The van der Waals surface area contributed by atoms with Crippen LogP contribution < -0.4 is 5.32 Å². The quantitative estimate of drug-likeness (QED) is 0.357. The summed E-state index contributed by atoms with van der Waals surface area (Å²) in [6, 6.07) is 2.81. The second-order valence-corrected chi connectivity index (χ2v) is 4.27. The van der Waals surface area contributed by atoms with Crippen molar-refractivity contribution >= 4 is 27.5 Å². The number of nitrogens with zero attached hydrogens (tertiary/aromatic N) is 1. The Morgan fingerprint density at radius 3 is 2.84 bits per heavy atom. The van der Waals surface area contributed by atoms with Crippen molar-refractivity contribution < 1.29 is 18.8 Å². The van der Waals surface area contributed by atoms with Gasteiger partial charge in [-0.1, -0.05) is 15.9 Å². The number of nitro groups is 1. The molecule has 0 aliphatic carbocycles. The molecule has 1 aromatic carbocycles. The molecule has 1 aromatic rings. The molecule has 0 radical (unpaired) electrons. The molecule has 19 heavy (non-hydrogen) atoms. The van der Waals surface area contributed by atoms with Crippen LogP contribution in [0.4, 0.5) is 10.1 Å². The van der Waals surface area contributed by atoms with E-state index in [1.165, 1.54) is 0 Å². The Morgan fingerprint density at radius 2 is 2.21 bits per heavy atom. The summed E-state index contributed by atoms with van der Waals surface area (Å²) >= 11 is 3.18. The molecule has 0 unspecified atom stereocenters. The number of rotatable bonds is 7. The van der Waals surface area contributed by atoms with Crippen LogP contribution in [0.25, 0.3) is 0 Å². The van der Waals surface area contributed by atoms with E-state index in [1.54, 1.807) is 0 Å². The zero-order valence-corrected chi connectivity index (χ0v) is 11.5. The molecule has 0 spiro atoms. The Labute approximate surface area is 117 Å². The third kappa shape index (κ3) is 4.92. The van der Waals surface area contributed by atoms with Crippen LogP contribution in [0.15, 0.2) is 18.2 Å². The van der Waals surface area contributed by atoms with E-state index in [4.69, 9.17) is 4.74 Å². The van der Waals surface area contributed by atoms with Crippen LogP contribution in [0.5, 0.6) is 0 Å². The summed E-state index contributed by atoms with van der Waals surface area (Å²) in [5.74, 6) is -1.39. The molecule has 0 aromatic heterocycles. The van der Waals surface area contributed by atoms with E-state index in [1.807, 2.05) is 0 Å². The van der Waals surface area contributed by atoms with Gasteiger partial charge < -0.3 is 10.1 Å². The number of nitro benzene ring substituents is 1. The SMILES string of the molecule is O=C(NCCOCCBr)c1ccc(F)cc1[N+](=O)[O-]. The van der Waals surface area contributed by atoms with Crippen molar-refractivity contribution in [2.45, 2.75) is 0 Å². The molecule has 0 heterocycles. The maximum absolute atomic E-state index is 12.9.